The van der Waals surface area contributed by atoms with Crippen LogP contribution in [-0.2, 0) is 10.0 Å². The highest BCUT2D eigenvalue weighted by atomic mass is 79.9. The quantitative estimate of drug-likeness (QED) is 0.860. The Bertz CT molecular complexity index is 487. The molecule has 1 aromatic rings. The van der Waals surface area contributed by atoms with Crippen LogP contribution in [-0.4, -0.2) is 20.7 Å². The van der Waals surface area contributed by atoms with E-state index in [9.17, 15) is 12.8 Å². The number of halogens is 3. The second kappa shape index (κ2) is 5.99. The van der Waals surface area contributed by atoms with Crippen molar-refractivity contribution in [3.8, 4) is 0 Å². The highest BCUT2D eigenvalue weighted by Gasteiger charge is 2.15. The normalized spacial score (nSPS) is 11.5. The summed E-state index contributed by atoms with van der Waals surface area (Å²) in [7, 11) is -3.52. The van der Waals surface area contributed by atoms with Crippen molar-refractivity contribution < 1.29 is 12.8 Å². The summed E-state index contributed by atoms with van der Waals surface area (Å²) in [4.78, 5) is 0. The fourth-order valence-electron chi connectivity index (χ4n) is 1.12. The molecule has 0 unspecified atom stereocenters. The van der Waals surface area contributed by atoms with Crippen LogP contribution in [0.4, 0.5) is 10.1 Å². The van der Waals surface area contributed by atoms with E-state index in [1.807, 2.05) is 0 Å². The lowest BCUT2D eigenvalue weighted by molar-refractivity contribution is 0.598. The lowest BCUT2D eigenvalue weighted by atomic mass is 10.3. The Morgan fingerprint density at radius 2 is 2.12 bits per heavy atom. The molecule has 0 radical (unpaired) electrons. The summed E-state index contributed by atoms with van der Waals surface area (Å²) in [5.74, 6) is -0.657. The first kappa shape index (κ1) is 14.7. The van der Waals surface area contributed by atoms with E-state index in [2.05, 4.69) is 20.7 Å². The highest BCUT2D eigenvalue weighted by Crippen LogP contribution is 2.32. The topological polar surface area (TPSA) is 72.2 Å². The third kappa shape index (κ3) is 4.42. The molecule has 0 saturated heterocycles. The number of rotatable bonds is 5. The Morgan fingerprint density at radius 1 is 1.47 bits per heavy atom. The number of anilines is 1. The summed E-state index contributed by atoms with van der Waals surface area (Å²) >= 11 is 8.80. The summed E-state index contributed by atoms with van der Waals surface area (Å²) < 4.78 is 38.7. The molecule has 0 aromatic heterocycles. The lowest BCUT2D eigenvalue weighted by Gasteiger charge is -2.11. The van der Waals surface area contributed by atoms with Gasteiger partial charge < -0.3 is 5.73 Å². The minimum atomic E-state index is -3.52. The largest absolute Gasteiger partial charge is 0.330 e. The second-order valence-corrected chi connectivity index (χ2v) is 6.41. The molecule has 0 aliphatic carbocycles. The van der Waals surface area contributed by atoms with Gasteiger partial charge in [-0.3, -0.25) is 4.72 Å². The van der Waals surface area contributed by atoms with E-state index in [4.69, 9.17) is 17.3 Å². The molecule has 0 fully saturated rings. The molecule has 0 saturated carbocycles. The highest BCUT2D eigenvalue weighted by molar-refractivity contribution is 9.10. The Labute approximate surface area is 113 Å². The van der Waals surface area contributed by atoms with Crippen molar-refractivity contribution in [2.75, 3.05) is 17.0 Å². The number of nitrogens with two attached hydrogens (primary N) is 1. The molecular formula is C9H11BrClFN2O2S. The van der Waals surface area contributed by atoms with Gasteiger partial charge in [0, 0.05) is 4.47 Å². The Morgan fingerprint density at radius 3 is 2.65 bits per heavy atom. The number of hydrogen-bond acceptors (Lipinski definition) is 3. The maximum absolute atomic E-state index is 12.9. The number of sulfonamides is 1. The smallest absolute Gasteiger partial charge is 0.232 e. The van der Waals surface area contributed by atoms with Crippen LogP contribution >= 0.6 is 27.5 Å². The standard InChI is InChI=1S/C9H11BrClFN2O2S/c10-7-4-6(12)5-8(11)9(7)14-17(15,16)3-1-2-13/h4-5,14H,1-3,13H2. The van der Waals surface area contributed by atoms with Crippen molar-refractivity contribution in [2.45, 2.75) is 6.42 Å². The molecule has 3 N–H and O–H groups in total. The van der Waals surface area contributed by atoms with Gasteiger partial charge in [-0.05, 0) is 41.0 Å². The van der Waals surface area contributed by atoms with Crippen molar-refractivity contribution in [3.63, 3.8) is 0 Å². The number of hydrogen-bond donors (Lipinski definition) is 2. The van der Waals surface area contributed by atoms with Gasteiger partial charge in [-0.15, -0.1) is 0 Å². The monoisotopic (exact) mass is 344 g/mol. The lowest BCUT2D eigenvalue weighted by Crippen LogP contribution is -2.19. The van der Waals surface area contributed by atoms with Crippen LogP contribution < -0.4 is 10.5 Å². The van der Waals surface area contributed by atoms with E-state index in [1.54, 1.807) is 0 Å². The van der Waals surface area contributed by atoms with Gasteiger partial charge >= 0.3 is 0 Å². The Balaban J connectivity index is 2.96. The molecular weight excluding hydrogens is 335 g/mol. The van der Waals surface area contributed by atoms with Gasteiger partial charge in [-0.2, -0.15) is 0 Å². The van der Waals surface area contributed by atoms with Crippen molar-refractivity contribution in [1.29, 1.82) is 0 Å². The number of benzene rings is 1. The summed E-state index contributed by atoms with van der Waals surface area (Å²) in [6.07, 6.45) is 0.339. The van der Waals surface area contributed by atoms with Crippen molar-refractivity contribution in [3.05, 3.63) is 27.4 Å². The van der Waals surface area contributed by atoms with E-state index >= 15 is 0 Å². The maximum atomic E-state index is 12.9. The average Bonchev–Trinajstić information content (AvgIpc) is 2.21. The van der Waals surface area contributed by atoms with Crippen LogP contribution in [0.1, 0.15) is 6.42 Å². The van der Waals surface area contributed by atoms with Gasteiger partial charge in [-0.1, -0.05) is 11.6 Å². The first-order chi connectivity index (χ1) is 7.85. The van der Waals surface area contributed by atoms with Crippen molar-refractivity contribution in [1.82, 2.24) is 0 Å². The van der Waals surface area contributed by atoms with Gasteiger partial charge in [-0.25, -0.2) is 12.8 Å². The van der Waals surface area contributed by atoms with Gasteiger partial charge in [0.25, 0.3) is 0 Å². The first-order valence-electron chi connectivity index (χ1n) is 4.71. The molecule has 8 heteroatoms. The van der Waals surface area contributed by atoms with Gasteiger partial charge in [0.2, 0.25) is 10.0 Å². The molecule has 4 nitrogen and oxygen atoms in total. The predicted molar refractivity (Wildman–Crippen MR) is 70.2 cm³/mol. The fraction of sp³-hybridized carbons (Fsp3) is 0.333. The van der Waals surface area contributed by atoms with Crippen LogP contribution in [0.15, 0.2) is 16.6 Å². The van der Waals surface area contributed by atoms with Crippen LogP contribution in [0.3, 0.4) is 0 Å². The molecule has 0 aliphatic rings. The van der Waals surface area contributed by atoms with E-state index in [0.29, 0.717) is 6.42 Å². The van der Waals surface area contributed by atoms with Crippen molar-refractivity contribution in [2.24, 2.45) is 5.73 Å². The predicted octanol–water partition coefficient (Wildman–Crippen LogP) is 2.33. The summed E-state index contributed by atoms with van der Waals surface area (Å²) in [5, 5.41) is -0.00630. The zero-order valence-electron chi connectivity index (χ0n) is 8.71. The molecule has 17 heavy (non-hydrogen) atoms. The van der Waals surface area contributed by atoms with Gasteiger partial charge in [0.15, 0.2) is 0 Å². The zero-order chi connectivity index (χ0) is 13.1. The first-order valence-corrected chi connectivity index (χ1v) is 7.53. The molecule has 0 spiro atoms. The third-order valence-electron chi connectivity index (χ3n) is 1.88. The zero-order valence-corrected chi connectivity index (χ0v) is 11.9. The molecule has 1 aromatic carbocycles. The Hall–Kier alpha value is -0.370. The molecule has 0 amide bonds. The summed E-state index contributed by atoms with van der Waals surface area (Å²) in [6.45, 7) is 0.277. The molecule has 0 aliphatic heterocycles. The van der Waals surface area contributed by atoms with E-state index < -0.39 is 15.8 Å². The van der Waals surface area contributed by atoms with Gasteiger partial charge in [0.05, 0.1) is 16.5 Å². The van der Waals surface area contributed by atoms with Crippen LogP contribution in [0, 0.1) is 5.82 Å². The van der Waals surface area contributed by atoms with E-state index in [-0.39, 0.29) is 27.5 Å². The Kier molecular flexibility index (Phi) is 5.18. The van der Waals surface area contributed by atoms with Crippen LogP contribution in [0.2, 0.25) is 5.02 Å². The maximum Gasteiger partial charge on any atom is 0.232 e. The van der Waals surface area contributed by atoms with Crippen molar-refractivity contribution >= 4 is 43.2 Å². The third-order valence-corrected chi connectivity index (χ3v) is 4.15. The van der Waals surface area contributed by atoms with Crippen LogP contribution in [0.25, 0.3) is 0 Å². The minimum Gasteiger partial charge on any atom is -0.330 e. The molecule has 96 valence electrons. The molecule has 0 atom stereocenters. The minimum absolute atomic E-state index is 0.00630. The molecule has 0 heterocycles. The second-order valence-electron chi connectivity index (χ2n) is 3.31. The summed E-state index contributed by atoms with van der Waals surface area (Å²) in [5.41, 5.74) is 5.36. The molecule has 0 bridgehead atoms. The van der Waals surface area contributed by atoms with Gasteiger partial charge in [0.1, 0.15) is 5.82 Å². The van der Waals surface area contributed by atoms with E-state index in [0.717, 1.165) is 12.1 Å². The van der Waals surface area contributed by atoms with Crippen LogP contribution in [0.5, 0.6) is 0 Å². The summed E-state index contributed by atoms with van der Waals surface area (Å²) in [6, 6.07) is 2.17. The SMILES string of the molecule is NCCCS(=O)(=O)Nc1c(Cl)cc(F)cc1Br. The number of nitrogens with one attached hydrogen (secondary N) is 1. The molecule has 1 rings (SSSR count). The fourth-order valence-corrected chi connectivity index (χ4v) is 3.39. The van der Waals surface area contributed by atoms with E-state index in [1.165, 1.54) is 0 Å². The average molecular weight is 346 g/mol.